The Morgan fingerprint density at radius 2 is 1.89 bits per heavy atom. The van der Waals surface area contributed by atoms with Crippen LogP contribution in [0.3, 0.4) is 0 Å². The van der Waals surface area contributed by atoms with E-state index in [1.807, 2.05) is 6.92 Å². The molecule has 0 unspecified atom stereocenters. The highest BCUT2D eigenvalue weighted by Crippen LogP contribution is 2.20. The lowest BCUT2D eigenvalue weighted by atomic mass is 9.88. The maximum Gasteiger partial charge on any atom is 0.250 e. The SMILES string of the molecule is CCC[C@H](NC(=O)[C@@H](O)C(C)(C)C)C(=O)Nc1ncc(CNCCC(C)C)s1. The van der Waals surface area contributed by atoms with Crippen LogP contribution < -0.4 is 16.0 Å². The topological polar surface area (TPSA) is 103 Å². The van der Waals surface area contributed by atoms with Gasteiger partial charge in [-0.3, -0.25) is 9.59 Å². The van der Waals surface area contributed by atoms with Gasteiger partial charge in [-0.15, -0.1) is 11.3 Å². The molecule has 8 heteroatoms. The molecule has 0 aliphatic rings. The van der Waals surface area contributed by atoms with E-state index in [1.165, 1.54) is 11.3 Å². The summed E-state index contributed by atoms with van der Waals surface area (Å²) in [6.07, 6.45) is 2.90. The minimum atomic E-state index is -1.18. The van der Waals surface area contributed by atoms with Gasteiger partial charge in [-0.2, -0.15) is 0 Å². The molecular formula is C20H36N4O3S. The van der Waals surface area contributed by atoms with E-state index >= 15 is 0 Å². The monoisotopic (exact) mass is 412 g/mol. The number of carbonyl (C=O) groups is 2. The molecule has 0 aromatic carbocycles. The Balaban J connectivity index is 2.61. The number of hydrogen-bond donors (Lipinski definition) is 4. The van der Waals surface area contributed by atoms with Gasteiger partial charge in [-0.05, 0) is 30.7 Å². The van der Waals surface area contributed by atoms with Crippen LogP contribution in [0, 0.1) is 11.3 Å². The van der Waals surface area contributed by atoms with E-state index in [1.54, 1.807) is 27.0 Å². The quantitative estimate of drug-likeness (QED) is 0.419. The van der Waals surface area contributed by atoms with Crippen molar-refractivity contribution in [2.45, 2.75) is 79.5 Å². The molecule has 0 fully saturated rings. The zero-order chi connectivity index (χ0) is 21.3. The third-order valence-electron chi connectivity index (χ3n) is 4.26. The summed E-state index contributed by atoms with van der Waals surface area (Å²) >= 11 is 1.42. The lowest BCUT2D eigenvalue weighted by molar-refractivity contribution is -0.137. The van der Waals surface area contributed by atoms with Crippen molar-refractivity contribution in [3.63, 3.8) is 0 Å². The van der Waals surface area contributed by atoms with Gasteiger partial charge in [0.05, 0.1) is 0 Å². The number of anilines is 1. The Labute approximate surface area is 172 Å². The summed E-state index contributed by atoms with van der Waals surface area (Å²) in [4.78, 5) is 30.2. The number of rotatable bonds is 11. The van der Waals surface area contributed by atoms with Crippen LogP contribution in [0.25, 0.3) is 0 Å². The highest BCUT2D eigenvalue weighted by atomic mass is 32.1. The van der Waals surface area contributed by atoms with Gasteiger partial charge in [-0.1, -0.05) is 48.0 Å². The lowest BCUT2D eigenvalue weighted by Gasteiger charge is -2.26. The number of amides is 2. The average molecular weight is 413 g/mol. The number of nitrogens with one attached hydrogen (secondary N) is 3. The summed E-state index contributed by atoms with van der Waals surface area (Å²) in [5.41, 5.74) is -0.593. The molecule has 0 radical (unpaired) electrons. The molecule has 2 amide bonds. The van der Waals surface area contributed by atoms with E-state index in [9.17, 15) is 14.7 Å². The number of aliphatic hydroxyl groups excluding tert-OH is 1. The van der Waals surface area contributed by atoms with Crippen molar-refractivity contribution in [3.05, 3.63) is 11.1 Å². The number of nitrogens with zero attached hydrogens (tertiary/aromatic N) is 1. The second-order valence-corrected chi connectivity index (χ2v) is 9.71. The zero-order valence-corrected chi connectivity index (χ0v) is 18.8. The molecular weight excluding hydrogens is 376 g/mol. The molecule has 4 N–H and O–H groups in total. The van der Waals surface area contributed by atoms with Crippen molar-refractivity contribution in [2.24, 2.45) is 11.3 Å². The number of aliphatic hydroxyl groups is 1. The molecule has 28 heavy (non-hydrogen) atoms. The predicted molar refractivity (Wildman–Crippen MR) is 114 cm³/mol. The van der Waals surface area contributed by atoms with Gasteiger partial charge in [0.15, 0.2) is 5.13 Å². The van der Waals surface area contributed by atoms with Crippen molar-refractivity contribution in [3.8, 4) is 0 Å². The molecule has 160 valence electrons. The number of hydrogen-bond acceptors (Lipinski definition) is 6. The Morgan fingerprint density at radius 1 is 1.21 bits per heavy atom. The average Bonchev–Trinajstić information content (AvgIpc) is 3.03. The molecule has 1 rings (SSSR count). The fraction of sp³-hybridized carbons (Fsp3) is 0.750. The molecule has 1 aromatic rings. The summed E-state index contributed by atoms with van der Waals surface area (Å²) in [5.74, 6) is -0.188. The van der Waals surface area contributed by atoms with Crippen LogP contribution in [0.4, 0.5) is 5.13 Å². The van der Waals surface area contributed by atoms with E-state index in [-0.39, 0.29) is 5.91 Å². The van der Waals surface area contributed by atoms with Crippen molar-refractivity contribution >= 4 is 28.3 Å². The van der Waals surface area contributed by atoms with Gasteiger partial charge in [0.2, 0.25) is 11.8 Å². The molecule has 0 aliphatic carbocycles. The first-order valence-corrected chi connectivity index (χ1v) is 10.8. The molecule has 0 bridgehead atoms. The van der Waals surface area contributed by atoms with Crippen molar-refractivity contribution in [1.82, 2.24) is 15.6 Å². The second kappa shape index (κ2) is 11.5. The third kappa shape index (κ3) is 8.67. The van der Waals surface area contributed by atoms with Crippen molar-refractivity contribution in [2.75, 3.05) is 11.9 Å². The van der Waals surface area contributed by atoms with Crippen molar-refractivity contribution < 1.29 is 14.7 Å². The molecule has 1 heterocycles. The third-order valence-corrected chi connectivity index (χ3v) is 5.17. The normalized spacial score (nSPS) is 14.0. The van der Waals surface area contributed by atoms with Gasteiger partial charge in [-0.25, -0.2) is 4.98 Å². The molecule has 1 aromatic heterocycles. The lowest BCUT2D eigenvalue weighted by Crippen LogP contribution is -2.50. The van der Waals surface area contributed by atoms with Crippen LogP contribution in [-0.2, 0) is 16.1 Å². The van der Waals surface area contributed by atoms with Crippen LogP contribution in [0.15, 0.2) is 6.20 Å². The summed E-state index contributed by atoms with van der Waals surface area (Å²) in [6.45, 7) is 13.3. The summed E-state index contributed by atoms with van der Waals surface area (Å²) < 4.78 is 0. The van der Waals surface area contributed by atoms with Crippen LogP contribution in [0.1, 0.15) is 65.7 Å². The molecule has 7 nitrogen and oxygen atoms in total. The van der Waals surface area contributed by atoms with E-state index in [4.69, 9.17) is 0 Å². The maximum absolute atomic E-state index is 12.6. The van der Waals surface area contributed by atoms with E-state index in [2.05, 4.69) is 34.8 Å². The van der Waals surface area contributed by atoms with Gasteiger partial charge in [0.25, 0.3) is 0 Å². The van der Waals surface area contributed by atoms with E-state index in [0.29, 0.717) is 24.0 Å². The Kier molecular flexibility index (Phi) is 10.1. The van der Waals surface area contributed by atoms with E-state index < -0.39 is 23.5 Å². The molecule has 0 saturated carbocycles. The number of carbonyl (C=O) groups excluding carboxylic acids is 2. The minimum absolute atomic E-state index is 0.315. The fourth-order valence-corrected chi connectivity index (χ4v) is 3.23. The first-order chi connectivity index (χ1) is 13.0. The molecule has 0 spiro atoms. The van der Waals surface area contributed by atoms with Gasteiger partial charge in [0, 0.05) is 17.6 Å². The summed E-state index contributed by atoms with van der Waals surface area (Å²) in [6, 6.07) is -0.703. The highest BCUT2D eigenvalue weighted by molar-refractivity contribution is 7.15. The highest BCUT2D eigenvalue weighted by Gasteiger charge is 2.31. The zero-order valence-electron chi connectivity index (χ0n) is 18.0. The summed E-state index contributed by atoms with van der Waals surface area (Å²) in [7, 11) is 0. The predicted octanol–water partition coefficient (Wildman–Crippen LogP) is 2.91. The molecule has 2 atom stereocenters. The molecule has 0 aliphatic heterocycles. The standard InChI is InChI=1S/C20H36N4O3S/c1-7-8-15(23-18(27)16(25)20(4,5)6)17(26)24-19-22-12-14(28-19)11-21-10-9-13(2)3/h12-13,15-16,21,25H,7-11H2,1-6H3,(H,23,27)(H,22,24,26)/t15-,16+/m0/s1. The van der Waals surface area contributed by atoms with Crippen molar-refractivity contribution in [1.29, 1.82) is 0 Å². The Hall–Kier alpha value is -1.51. The van der Waals surface area contributed by atoms with Gasteiger partial charge in [0.1, 0.15) is 12.1 Å². The first-order valence-electron chi connectivity index (χ1n) is 9.99. The van der Waals surface area contributed by atoms with Crippen LogP contribution in [-0.4, -0.2) is 40.6 Å². The summed E-state index contributed by atoms with van der Waals surface area (Å²) in [5, 5.41) is 19.5. The molecule has 0 saturated heterocycles. The van der Waals surface area contributed by atoms with Crippen LogP contribution >= 0.6 is 11.3 Å². The second-order valence-electron chi connectivity index (χ2n) is 8.60. The first kappa shape index (κ1) is 24.5. The van der Waals surface area contributed by atoms with Crippen LogP contribution in [0.5, 0.6) is 0 Å². The van der Waals surface area contributed by atoms with E-state index in [0.717, 1.165) is 24.3 Å². The Morgan fingerprint density at radius 3 is 2.46 bits per heavy atom. The van der Waals surface area contributed by atoms with Gasteiger partial charge >= 0.3 is 0 Å². The number of thiazole rings is 1. The maximum atomic E-state index is 12.6. The number of aromatic nitrogens is 1. The van der Waals surface area contributed by atoms with Crippen LogP contribution in [0.2, 0.25) is 0 Å². The Bertz CT molecular complexity index is 625. The largest absolute Gasteiger partial charge is 0.383 e. The fourth-order valence-electron chi connectivity index (χ4n) is 2.44. The smallest absolute Gasteiger partial charge is 0.250 e. The van der Waals surface area contributed by atoms with Gasteiger partial charge < -0.3 is 21.1 Å². The minimum Gasteiger partial charge on any atom is -0.383 e.